The van der Waals surface area contributed by atoms with Crippen LogP contribution in [0.15, 0.2) is 29.2 Å². The van der Waals surface area contributed by atoms with Crippen molar-refractivity contribution in [2.75, 3.05) is 18.3 Å². The van der Waals surface area contributed by atoms with Gasteiger partial charge in [-0.3, -0.25) is 9.09 Å². The molecule has 1 saturated carbocycles. The Kier molecular flexibility index (Phi) is 11.5. The van der Waals surface area contributed by atoms with E-state index in [9.17, 15) is 28.3 Å². The molecule has 3 aliphatic rings. The molecule has 6 N–H and O–H groups in total. The lowest BCUT2D eigenvalue weighted by atomic mass is 9.87. The van der Waals surface area contributed by atoms with E-state index in [0.29, 0.717) is 5.92 Å². The Balaban J connectivity index is 1.32. The van der Waals surface area contributed by atoms with Crippen LogP contribution in [-0.4, -0.2) is 58.6 Å². The van der Waals surface area contributed by atoms with Crippen LogP contribution in [0.25, 0.3) is 0 Å². The van der Waals surface area contributed by atoms with Crippen molar-refractivity contribution in [2.24, 2.45) is 17.8 Å². The van der Waals surface area contributed by atoms with E-state index in [1.54, 1.807) is 10.8 Å². The molecule has 4 rings (SSSR count). The van der Waals surface area contributed by atoms with Gasteiger partial charge in [0.25, 0.3) is 0 Å². The molecule has 1 aliphatic heterocycles. The first-order valence-corrected chi connectivity index (χ1v) is 20.1. The number of phosphoric acid groups is 3. The van der Waals surface area contributed by atoms with Gasteiger partial charge >= 0.3 is 29.2 Å². The zero-order valence-electron chi connectivity index (χ0n) is 23.3. The van der Waals surface area contributed by atoms with Gasteiger partial charge < -0.3 is 34.8 Å². The molecule has 2 heterocycles. The monoisotopic (exact) mass is 707 g/mol. The summed E-state index contributed by atoms with van der Waals surface area (Å²) in [5.74, 6) is 2.36. The second-order valence-electron chi connectivity index (χ2n) is 11.2. The lowest BCUT2D eigenvalue weighted by Gasteiger charge is -2.27. The Hall–Kier alpha value is -0.550. The van der Waals surface area contributed by atoms with Crippen molar-refractivity contribution in [2.45, 2.75) is 69.1 Å². The average molecular weight is 708 g/mol. The molecule has 6 unspecified atom stereocenters. The molecule has 2 fully saturated rings. The summed E-state index contributed by atoms with van der Waals surface area (Å²) in [5, 5.41) is 0. The third-order valence-electron chi connectivity index (χ3n) is 7.31. The van der Waals surface area contributed by atoms with Crippen LogP contribution in [0.2, 0.25) is 0 Å². The first kappa shape index (κ1) is 35.3. The number of phosphoric ester groups is 1. The first-order valence-electron chi connectivity index (χ1n) is 13.3. The van der Waals surface area contributed by atoms with E-state index in [2.05, 4.69) is 39.6 Å². The van der Waals surface area contributed by atoms with Crippen LogP contribution >= 0.6 is 45.1 Å². The van der Waals surface area contributed by atoms with Gasteiger partial charge in [-0.25, -0.2) is 18.5 Å². The van der Waals surface area contributed by atoms with E-state index in [4.69, 9.17) is 29.5 Å². The predicted molar refractivity (Wildman–Crippen MR) is 158 cm³/mol. The third-order valence-corrected chi connectivity index (χ3v) is 14.1. The highest BCUT2D eigenvalue weighted by atomic mass is 33.1. The molecule has 0 spiro atoms. The number of nitrogens with two attached hydrogens (primary N) is 1. The molecule has 2 bridgehead atoms. The quantitative estimate of drug-likeness (QED) is 0.0537. The maximum absolute atomic E-state index is 12.4. The van der Waals surface area contributed by atoms with Crippen LogP contribution < -0.4 is 11.4 Å². The van der Waals surface area contributed by atoms with Crippen LogP contribution in [0.4, 0.5) is 5.82 Å². The number of aromatic nitrogens is 2. The summed E-state index contributed by atoms with van der Waals surface area (Å²) in [5.41, 5.74) is 4.86. The standard InChI is InChI=1S/C22H36N3O13P3S2/c1-22(2,7-5-16-10-14-3-4-15(16)9-14)43-42-13-34-17-11-20(25-8-6-19(23)24-21(25)26)36-18(17)12-35-40(30,31)38-41(32,33)37-39(27,28)29/h3-4,6,8,14-18,20H,5,7,9-13H2,1-2H3,(H,30,31)(H,32,33)(H2,23,24,26)(H2,27,28,29)/t14?,15?,16?,17?,18-,20-/m1/s1. The number of ether oxygens (including phenoxy) is 2. The number of fused-ring (bicyclic) bond motifs is 2. The van der Waals surface area contributed by atoms with Gasteiger partial charge in [0, 0.05) is 17.4 Å². The Bertz CT molecular complexity index is 1380. The minimum Gasteiger partial charge on any atom is -0.383 e. The number of rotatable bonds is 16. The highest BCUT2D eigenvalue weighted by molar-refractivity contribution is 8.77. The Labute approximate surface area is 255 Å². The fourth-order valence-corrected chi connectivity index (χ4v) is 10.8. The molecule has 2 aliphatic carbocycles. The molecule has 244 valence electrons. The van der Waals surface area contributed by atoms with Crippen LogP contribution in [0.5, 0.6) is 0 Å². The highest BCUT2D eigenvalue weighted by Crippen LogP contribution is 2.66. The predicted octanol–water partition coefficient (Wildman–Crippen LogP) is 3.95. The minimum atomic E-state index is -5.69. The third kappa shape index (κ3) is 10.8. The molecular weight excluding hydrogens is 671 g/mol. The van der Waals surface area contributed by atoms with Crippen LogP contribution in [-0.2, 0) is 36.3 Å². The number of hydrogen-bond donors (Lipinski definition) is 5. The zero-order valence-corrected chi connectivity index (χ0v) is 27.6. The van der Waals surface area contributed by atoms with Gasteiger partial charge in [0.05, 0.1) is 12.7 Å². The van der Waals surface area contributed by atoms with Gasteiger partial charge in [-0.15, -0.1) is 0 Å². The van der Waals surface area contributed by atoms with E-state index < -0.39 is 54.2 Å². The van der Waals surface area contributed by atoms with Crippen molar-refractivity contribution in [1.82, 2.24) is 9.55 Å². The second kappa shape index (κ2) is 14.1. The van der Waals surface area contributed by atoms with E-state index in [-0.39, 0.29) is 22.9 Å². The molecule has 0 amide bonds. The largest absolute Gasteiger partial charge is 0.490 e. The van der Waals surface area contributed by atoms with Crippen LogP contribution in [0.3, 0.4) is 0 Å². The maximum atomic E-state index is 12.4. The Morgan fingerprint density at radius 3 is 2.49 bits per heavy atom. The fraction of sp³-hybridized carbons (Fsp3) is 0.727. The number of hydrogen-bond acceptors (Lipinski definition) is 13. The van der Waals surface area contributed by atoms with Gasteiger partial charge in [-0.2, -0.15) is 13.6 Å². The smallest absolute Gasteiger partial charge is 0.383 e. The molecule has 1 saturated heterocycles. The molecule has 43 heavy (non-hydrogen) atoms. The van der Waals surface area contributed by atoms with Crippen molar-refractivity contribution in [3.8, 4) is 0 Å². The summed E-state index contributed by atoms with van der Waals surface area (Å²) >= 11 is 0. The summed E-state index contributed by atoms with van der Waals surface area (Å²) in [7, 11) is -13.5. The fourth-order valence-electron chi connectivity index (χ4n) is 5.41. The number of nitrogen functional groups attached to an aromatic ring is 1. The topological polar surface area (TPSA) is 239 Å². The van der Waals surface area contributed by atoms with E-state index in [0.717, 1.165) is 29.2 Å². The second-order valence-corrected chi connectivity index (χ2v) is 18.5. The van der Waals surface area contributed by atoms with Gasteiger partial charge in [-0.1, -0.05) is 33.7 Å². The van der Waals surface area contributed by atoms with E-state index in [1.165, 1.54) is 35.9 Å². The van der Waals surface area contributed by atoms with Crippen molar-refractivity contribution in [3.63, 3.8) is 0 Å². The molecule has 0 radical (unpaired) electrons. The van der Waals surface area contributed by atoms with Crippen molar-refractivity contribution < 1.29 is 55.9 Å². The summed E-state index contributed by atoms with van der Waals surface area (Å²) in [6, 6.07) is 1.39. The van der Waals surface area contributed by atoms with Crippen LogP contribution in [0, 0.1) is 17.8 Å². The Morgan fingerprint density at radius 2 is 1.86 bits per heavy atom. The van der Waals surface area contributed by atoms with Gasteiger partial charge in [0.15, 0.2) is 0 Å². The highest BCUT2D eigenvalue weighted by Gasteiger charge is 2.44. The molecule has 8 atom stereocenters. The van der Waals surface area contributed by atoms with Gasteiger partial charge in [-0.05, 0) is 63.4 Å². The van der Waals surface area contributed by atoms with Gasteiger partial charge in [0.2, 0.25) is 0 Å². The minimum absolute atomic E-state index is 0.00388. The van der Waals surface area contributed by atoms with E-state index in [1.807, 2.05) is 0 Å². The normalized spacial score (nSPS) is 30.0. The summed E-state index contributed by atoms with van der Waals surface area (Å²) < 4.78 is 60.0. The van der Waals surface area contributed by atoms with Crippen molar-refractivity contribution in [3.05, 3.63) is 34.9 Å². The van der Waals surface area contributed by atoms with E-state index >= 15 is 0 Å². The summed E-state index contributed by atoms with van der Waals surface area (Å²) in [6.45, 7) is 3.63. The zero-order chi connectivity index (χ0) is 31.6. The van der Waals surface area contributed by atoms with Gasteiger partial charge in [0.1, 0.15) is 24.1 Å². The molecule has 0 aromatic carbocycles. The summed E-state index contributed by atoms with van der Waals surface area (Å²) in [4.78, 5) is 52.7. The Morgan fingerprint density at radius 1 is 1.12 bits per heavy atom. The molecule has 16 nitrogen and oxygen atoms in total. The first-order chi connectivity index (χ1) is 19.9. The number of allylic oxidation sites excluding steroid dienone is 2. The molecular formula is C22H36N3O13P3S2. The lowest BCUT2D eigenvalue weighted by molar-refractivity contribution is -0.0543. The van der Waals surface area contributed by atoms with Crippen molar-refractivity contribution in [1.29, 1.82) is 0 Å². The summed E-state index contributed by atoms with van der Waals surface area (Å²) in [6.07, 6.45) is 8.15. The molecule has 1 aromatic heterocycles. The molecule has 21 heteroatoms. The average Bonchev–Trinajstić information content (AvgIpc) is 3.58. The maximum Gasteiger partial charge on any atom is 0.490 e. The lowest BCUT2D eigenvalue weighted by Crippen LogP contribution is -2.29. The number of anilines is 1. The molecule has 1 aromatic rings. The van der Waals surface area contributed by atoms with Crippen molar-refractivity contribution >= 4 is 50.9 Å². The SMILES string of the molecule is CC(C)(CCC1CC2C=CC1C2)SSCOC1C[C@H](n2ccc(N)nc2=O)O[C@@H]1COP(=O)(O)OP(=O)(O)OP(=O)(O)O. The van der Waals surface area contributed by atoms with Crippen LogP contribution in [0.1, 0.15) is 52.2 Å². The number of nitrogens with zero attached hydrogens (tertiary/aromatic N) is 2.